The number of aliphatic hydroxyl groups is 1. The number of ether oxygens (including phenoxy) is 3. The molecule has 2 aliphatic carbocycles. The van der Waals surface area contributed by atoms with Crippen LogP contribution < -0.4 is 14.8 Å². The number of benzene rings is 1. The highest BCUT2D eigenvalue weighted by Crippen LogP contribution is 2.68. The lowest BCUT2D eigenvalue weighted by molar-refractivity contribution is -0.257. The summed E-state index contributed by atoms with van der Waals surface area (Å²) in [7, 11) is -2.22. The van der Waals surface area contributed by atoms with Crippen LogP contribution >= 0.6 is 0 Å². The van der Waals surface area contributed by atoms with E-state index in [4.69, 9.17) is 23.1 Å². The Bertz CT molecular complexity index is 1920. The largest absolute Gasteiger partial charge is 0.543 e. The highest BCUT2D eigenvalue weighted by Gasteiger charge is 2.70. The first-order valence-electron chi connectivity index (χ1n) is 19.9. The van der Waals surface area contributed by atoms with E-state index in [9.17, 15) is 19.5 Å². The number of aliphatic hydroxyl groups excluding tert-OH is 1. The summed E-state index contributed by atoms with van der Waals surface area (Å²) in [6.07, 6.45) is 2.99. The van der Waals surface area contributed by atoms with Crippen LogP contribution in [0.4, 0.5) is 0 Å². The molecular weight excluding hydrogens is 715 g/mol. The molecule has 10 nitrogen and oxygen atoms in total. The molecule has 1 aliphatic heterocycles. The third-order valence-corrected chi connectivity index (χ3v) is 20.0. The van der Waals surface area contributed by atoms with Gasteiger partial charge in [-0.05, 0) is 96.5 Å². The molecule has 0 radical (unpaired) electrons. The molecule has 55 heavy (non-hydrogen) atoms. The molecule has 0 amide bonds. The zero-order valence-corrected chi connectivity index (χ0v) is 35.3. The normalized spacial score (nSPS) is 30.2. The Morgan fingerprint density at radius 2 is 1.67 bits per heavy atom. The van der Waals surface area contributed by atoms with Crippen molar-refractivity contribution in [1.29, 1.82) is 0 Å². The maximum absolute atomic E-state index is 14.2. The van der Waals surface area contributed by atoms with Gasteiger partial charge in [0.15, 0.2) is 0 Å². The lowest BCUT2D eigenvalue weighted by Gasteiger charge is -2.66. The summed E-state index contributed by atoms with van der Waals surface area (Å²) in [5.41, 5.74) is -0.934. The Balaban J connectivity index is 1.41. The molecule has 8 atom stereocenters. The Hall–Kier alpha value is -3.96. The number of hydrogen-bond acceptors (Lipinski definition) is 10. The van der Waals surface area contributed by atoms with Crippen molar-refractivity contribution in [2.45, 2.75) is 130 Å². The second kappa shape index (κ2) is 14.8. The van der Waals surface area contributed by atoms with Gasteiger partial charge in [-0.1, -0.05) is 62.3 Å². The predicted molar refractivity (Wildman–Crippen MR) is 212 cm³/mol. The molecule has 2 fully saturated rings. The number of carbonyl (C=O) groups excluding carboxylic acids is 2. The number of rotatable bonds is 10. The smallest absolute Gasteiger partial charge is 0.345 e. The van der Waals surface area contributed by atoms with E-state index < -0.39 is 54.5 Å². The van der Waals surface area contributed by atoms with Gasteiger partial charge in [0.05, 0.1) is 18.3 Å². The van der Waals surface area contributed by atoms with Crippen LogP contribution in [0.1, 0.15) is 117 Å². The van der Waals surface area contributed by atoms with Crippen molar-refractivity contribution in [3.63, 3.8) is 0 Å². The zero-order chi connectivity index (χ0) is 40.2. The number of pyridine rings is 1. The van der Waals surface area contributed by atoms with Gasteiger partial charge in [0.2, 0.25) is 0 Å². The highest BCUT2D eigenvalue weighted by atomic mass is 28.4. The molecule has 2 unspecified atom stereocenters. The zero-order valence-electron chi connectivity index (χ0n) is 34.3. The molecule has 0 spiro atoms. The van der Waals surface area contributed by atoms with Crippen molar-refractivity contribution >= 4 is 20.3 Å². The summed E-state index contributed by atoms with van der Waals surface area (Å²) in [5.74, 6) is -0.447. The first-order valence-corrected chi connectivity index (χ1v) is 22.0. The van der Waals surface area contributed by atoms with E-state index in [1.54, 1.807) is 42.7 Å². The fraction of sp³-hybridized carbons (Fsp3) is 0.591. The number of hydrogen-bond donors (Lipinski definition) is 1. The molecular formula is C44H59NO9Si. The Kier molecular flexibility index (Phi) is 11.0. The minimum Gasteiger partial charge on any atom is -0.543 e. The van der Waals surface area contributed by atoms with Gasteiger partial charge < -0.3 is 28.2 Å². The summed E-state index contributed by atoms with van der Waals surface area (Å²) in [6.45, 7) is 23.3. The van der Waals surface area contributed by atoms with Gasteiger partial charge in [0, 0.05) is 42.3 Å². The molecule has 6 rings (SSSR count). The molecule has 2 aromatic heterocycles. The molecule has 0 bridgehead atoms. The van der Waals surface area contributed by atoms with E-state index in [1.807, 2.05) is 19.1 Å². The summed E-state index contributed by atoms with van der Waals surface area (Å²) in [5, 5.41) is 12.4. The van der Waals surface area contributed by atoms with Crippen molar-refractivity contribution < 1.29 is 37.7 Å². The number of esters is 2. The topological polar surface area (TPSA) is 134 Å². The average molecular weight is 774 g/mol. The SMILES string of the molecule is CC(=O)OC[C@@]1(C)C2C[C@H](OC(=O)c3ccc(O[Si](C(C)C)(C(C)C)C(C)C)cc3)[C@@]3(C)Oc4cc(-c5cccnc5)oc(=O)c4[C@H](O)C3[C@@]2(C)CC[C@@H]1C. The van der Waals surface area contributed by atoms with Crippen LogP contribution in [0.5, 0.6) is 11.5 Å². The molecule has 3 aliphatic rings. The monoisotopic (exact) mass is 773 g/mol. The van der Waals surface area contributed by atoms with Gasteiger partial charge in [-0.15, -0.1) is 0 Å². The summed E-state index contributed by atoms with van der Waals surface area (Å²) < 4.78 is 31.8. The molecule has 3 aromatic rings. The standard InChI is InChI=1S/C44H59NO9Si/c1-25(2)55(26(3)4,27(5)6)54-32-16-14-30(15-17-32)40(48)52-36-22-35-42(9,19-18-28(7)43(35,10)24-50-29(8)46)39-38(47)37-34(53-44(36,39)11)21-33(51-41(37)49)31-13-12-20-45-23-31/h12-17,20-21,23,25-28,35-36,38-39,47H,18-19,22,24H2,1-11H3/t28-,35?,36-,38-,39?,42-,43+,44+/m0/s1. The summed E-state index contributed by atoms with van der Waals surface area (Å²) in [6, 6.07) is 12.3. The van der Waals surface area contributed by atoms with Crippen molar-refractivity contribution in [3.05, 3.63) is 76.4 Å². The lowest BCUT2D eigenvalue weighted by Crippen LogP contribution is -2.70. The van der Waals surface area contributed by atoms with E-state index in [1.165, 1.54) is 6.92 Å². The minimum atomic E-state index is -2.22. The second-order valence-electron chi connectivity index (χ2n) is 18.0. The summed E-state index contributed by atoms with van der Waals surface area (Å²) >= 11 is 0. The van der Waals surface area contributed by atoms with E-state index in [-0.39, 0.29) is 41.5 Å². The van der Waals surface area contributed by atoms with Crippen LogP contribution in [-0.2, 0) is 14.3 Å². The second-order valence-corrected chi connectivity index (χ2v) is 23.4. The maximum atomic E-state index is 14.2. The van der Waals surface area contributed by atoms with Crippen LogP contribution in [0.25, 0.3) is 11.3 Å². The van der Waals surface area contributed by atoms with Crippen LogP contribution in [0.3, 0.4) is 0 Å². The number of aromatic nitrogens is 1. The van der Waals surface area contributed by atoms with Crippen LogP contribution in [0, 0.1) is 28.6 Å². The predicted octanol–water partition coefficient (Wildman–Crippen LogP) is 9.31. The molecule has 1 N–H and O–H groups in total. The van der Waals surface area contributed by atoms with E-state index in [0.717, 1.165) is 18.6 Å². The van der Waals surface area contributed by atoms with Crippen LogP contribution in [-0.4, -0.2) is 48.7 Å². The van der Waals surface area contributed by atoms with Gasteiger partial charge in [0.1, 0.15) is 34.5 Å². The third-order valence-electron chi connectivity index (χ3n) is 14.0. The molecule has 298 valence electrons. The van der Waals surface area contributed by atoms with Crippen molar-refractivity contribution in [1.82, 2.24) is 4.98 Å². The Morgan fingerprint density at radius 3 is 2.25 bits per heavy atom. The molecule has 11 heteroatoms. The van der Waals surface area contributed by atoms with Gasteiger partial charge in [-0.25, -0.2) is 9.59 Å². The fourth-order valence-electron chi connectivity index (χ4n) is 11.1. The van der Waals surface area contributed by atoms with E-state index in [2.05, 4.69) is 67.3 Å². The van der Waals surface area contributed by atoms with Gasteiger partial charge in [0.25, 0.3) is 8.32 Å². The molecule has 0 saturated heterocycles. The van der Waals surface area contributed by atoms with Crippen LogP contribution in [0.2, 0.25) is 16.6 Å². The van der Waals surface area contributed by atoms with Crippen molar-refractivity contribution in [2.24, 2.45) is 28.6 Å². The average Bonchev–Trinajstić information content (AvgIpc) is 3.12. The van der Waals surface area contributed by atoms with E-state index >= 15 is 0 Å². The van der Waals surface area contributed by atoms with Gasteiger partial charge >= 0.3 is 17.6 Å². The number of nitrogens with zero attached hydrogens (tertiary/aromatic N) is 1. The number of fused-ring (bicyclic) bond motifs is 4. The lowest BCUT2D eigenvalue weighted by atomic mass is 9.41. The van der Waals surface area contributed by atoms with Gasteiger partial charge in [-0.2, -0.15) is 0 Å². The Morgan fingerprint density at radius 1 is 1.02 bits per heavy atom. The quantitative estimate of drug-likeness (QED) is 0.157. The highest BCUT2D eigenvalue weighted by molar-refractivity contribution is 6.78. The first kappa shape index (κ1) is 40.7. The molecule has 1 aromatic carbocycles. The minimum absolute atomic E-state index is 0.0433. The molecule has 3 heterocycles. The maximum Gasteiger partial charge on any atom is 0.345 e. The third kappa shape index (κ3) is 6.83. The fourth-order valence-corrected chi connectivity index (χ4v) is 16.4. The number of carbonyl (C=O) groups is 2. The van der Waals surface area contributed by atoms with Crippen molar-refractivity contribution in [3.8, 4) is 22.8 Å². The van der Waals surface area contributed by atoms with Gasteiger partial charge in [-0.3, -0.25) is 9.78 Å². The summed E-state index contributed by atoms with van der Waals surface area (Å²) in [4.78, 5) is 44.3. The van der Waals surface area contributed by atoms with E-state index in [0.29, 0.717) is 34.2 Å². The molecule has 2 saturated carbocycles. The van der Waals surface area contributed by atoms with Crippen molar-refractivity contribution in [2.75, 3.05) is 6.61 Å². The Labute approximate surface area is 326 Å². The van der Waals surface area contributed by atoms with Crippen LogP contribution in [0.15, 0.2) is 64.1 Å². The first-order chi connectivity index (χ1) is 25.8.